The van der Waals surface area contributed by atoms with E-state index in [1.807, 2.05) is 50.2 Å². The van der Waals surface area contributed by atoms with Gasteiger partial charge in [0.2, 0.25) is 0 Å². The number of aryl methyl sites for hydroxylation is 3. The lowest BCUT2D eigenvalue weighted by Gasteiger charge is -2.14. The maximum absolute atomic E-state index is 14.3. The van der Waals surface area contributed by atoms with Crippen molar-refractivity contribution < 1.29 is 32.2 Å². The van der Waals surface area contributed by atoms with Gasteiger partial charge in [-0.3, -0.25) is 4.79 Å². The number of carboxylic acid groups (broad SMARTS) is 1. The van der Waals surface area contributed by atoms with Crippen LogP contribution in [-0.2, 0) is 27.7 Å². The molecule has 3 rings (SSSR count). The summed E-state index contributed by atoms with van der Waals surface area (Å²) in [6.45, 7) is 5.97. The summed E-state index contributed by atoms with van der Waals surface area (Å²) in [4.78, 5) is 10.7. The highest BCUT2D eigenvalue weighted by molar-refractivity contribution is 7.91. The van der Waals surface area contributed by atoms with Gasteiger partial charge >= 0.3 is 5.97 Å². The first kappa shape index (κ1) is 27.2. The topological polar surface area (TPSA) is 89.9 Å². The van der Waals surface area contributed by atoms with Gasteiger partial charge in [-0.05, 0) is 77.9 Å². The first-order chi connectivity index (χ1) is 17.1. The van der Waals surface area contributed by atoms with E-state index >= 15 is 0 Å². The van der Waals surface area contributed by atoms with E-state index in [2.05, 4.69) is 0 Å². The fourth-order valence-electron chi connectivity index (χ4n) is 3.74. The molecule has 0 aliphatic heterocycles. The lowest BCUT2D eigenvalue weighted by Crippen LogP contribution is -2.15. The standard InChI is InChI=1S/C28H31FO6S/c1-4-36(32,33)14-13-34-23-10-11-25(20(3)15-23)26-16-21(6-5-19(26)2)18-35-24-9-7-22(27(29)17-24)8-12-28(30)31/h5-7,9-11,15-17H,4,8,12-14,18H2,1-3H3,(H,30,31). The first-order valence-electron chi connectivity index (χ1n) is 11.7. The second-order valence-electron chi connectivity index (χ2n) is 8.65. The average Bonchev–Trinajstić information content (AvgIpc) is 2.83. The first-order valence-corrected chi connectivity index (χ1v) is 13.6. The molecule has 0 atom stereocenters. The van der Waals surface area contributed by atoms with Crippen molar-refractivity contribution >= 4 is 15.8 Å². The predicted molar refractivity (Wildman–Crippen MR) is 138 cm³/mol. The minimum Gasteiger partial charge on any atom is -0.493 e. The number of sulfone groups is 1. The number of carbonyl (C=O) groups is 1. The van der Waals surface area contributed by atoms with Gasteiger partial charge in [0.1, 0.15) is 30.5 Å². The fourth-order valence-corrected chi connectivity index (χ4v) is 4.36. The molecule has 0 unspecified atom stereocenters. The molecule has 1 N–H and O–H groups in total. The summed E-state index contributed by atoms with van der Waals surface area (Å²) in [5.41, 5.74) is 5.39. The summed E-state index contributed by atoms with van der Waals surface area (Å²) in [5, 5.41) is 8.78. The molecule has 36 heavy (non-hydrogen) atoms. The Morgan fingerprint density at radius 1 is 0.917 bits per heavy atom. The van der Waals surface area contributed by atoms with Gasteiger partial charge in [0, 0.05) is 18.2 Å². The van der Waals surface area contributed by atoms with E-state index < -0.39 is 21.6 Å². The molecule has 3 aromatic carbocycles. The van der Waals surface area contributed by atoms with Crippen LogP contribution in [0.15, 0.2) is 54.6 Å². The van der Waals surface area contributed by atoms with Crippen LogP contribution < -0.4 is 9.47 Å². The van der Waals surface area contributed by atoms with Crippen molar-refractivity contribution in [1.82, 2.24) is 0 Å². The summed E-state index contributed by atoms with van der Waals surface area (Å²) >= 11 is 0. The molecule has 8 heteroatoms. The van der Waals surface area contributed by atoms with Crippen LogP contribution in [0.1, 0.15) is 35.6 Å². The Balaban J connectivity index is 1.69. The quantitative estimate of drug-likeness (QED) is 0.342. The molecular formula is C28H31FO6S. The molecule has 0 saturated heterocycles. The number of hydrogen-bond acceptors (Lipinski definition) is 5. The highest BCUT2D eigenvalue weighted by Crippen LogP contribution is 2.31. The van der Waals surface area contributed by atoms with Gasteiger partial charge in [-0.25, -0.2) is 12.8 Å². The molecule has 0 saturated carbocycles. The number of halogens is 1. The van der Waals surface area contributed by atoms with Gasteiger partial charge in [-0.1, -0.05) is 31.2 Å². The normalized spacial score (nSPS) is 11.3. The maximum Gasteiger partial charge on any atom is 0.303 e. The number of aliphatic carboxylic acids is 1. The largest absolute Gasteiger partial charge is 0.493 e. The molecule has 0 heterocycles. The second kappa shape index (κ2) is 12.0. The van der Waals surface area contributed by atoms with Crippen LogP contribution in [0.4, 0.5) is 4.39 Å². The zero-order valence-electron chi connectivity index (χ0n) is 20.7. The van der Waals surface area contributed by atoms with Gasteiger partial charge in [-0.2, -0.15) is 0 Å². The third kappa shape index (κ3) is 7.55. The molecule has 0 radical (unpaired) electrons. The molecule has 3 aromatic rings. The van der Waals surface area contributed by atoms with Crippen LogP contribution in [0.3, 0.4) is 0 Å². The third-order valence-electron chi connectivity index (χ3n) is 5.93. The van der Waals surface area contributed by atoms with Crippen molar-refractivity contribution in [2.45, 2.75) is 40.2 Å². The van der Waals surface area contributed by atoms with Crippen LogP contribution in [0.2, 0.25) is 0 Å². The molecule has 192 valence electrons. The van der Waals surface area contributed by atoms with Crippen molar-refractivity contribution in [2.75, 3.05) is 18.1 Å². The van der Waals surface area contributed by atoms with Crippen LogP contribution in [0.25, 0.3) is 11.1 Å². The molecule has 0 fully saturated rings. The zero-order chi connectivity index (χ0) is 26.3. The van der Waals surface area contributed by atoms with Crippen molar-refractivity contribution in [2.24, 2.45) is 0 Å². The number of ether oxygens (including phenoxy) is 2. The summed E-state index contributed by atoms with van der Waals surface area (Å²) in [6, 6.07) is 16.1. The van der Waals surface area contributed by atoms with E-state index in [0.29, 0.717) is 17.1 Å². The van der Waals surface area contributed by atoms with E-state index in [1.165, 1.54) is 6.07 Å². The van der Waals surface area contributed by atoms with Crippen molar-refractivity contribution in [3.05, 3.63) is 82.7 Å². The van der Waals surface area contributed by atoms with E-state index in [1.54, 1.807) is 19.1 Å². The van der Waals surface area contributed by atoms with Crippen molar-refractivity contribution in [3.8, 4) is 22.6 Å². The van der Waals surface area contributed by atoms with Crippen LogP contribution in [-0.4, -0.2) is 37.6 Å². The number of hydrogen-bond donors (Lipinski definition) is 1. The number of carboxylic acids is 1. The van der Waals surface area contributed by atoms with Gasteiger partial charge in [-0.15, -0.1) is 0 Å². The highest BCUT2D eigenvalue weighted by atomic mass is 32.2. The van der Waals surface area contributed by atoms with Crippen LogP contribution >= 0.6 is 0 Å². The lowest BCUT2D eigenvalue weighted by molar-refractivity contribution is -0.136. The molecule has 0 aliphatic carbocycles. The van der Waals surface area contributed by atoms with Crippen molar-refractivity contribution in [1.29, 1.82) is 0 Å². The number of rotatable bonds is 12. The summed E-state index contributed by atoms with van der Waals surface area (Å²) in [5.74, 6) is -0.375. The predicted octanol–water partition coefficient (Wildman–Crippen LogP) is 5.52. The lowest BCUT2D eigenvalue weighted by atomic mass is 9.95. The van der Waals surface area contributed by atoms with Gasteiger partial charge < -0.3 is 14.6 Å². The van der Waals surface area contributed by atoms with Gasteiger partial charge in [0.15, 0.2) is 9.84 Å². The van der Waals surface area contributed by atoms with E-state index in [-0.39, 0.29) is 37.6 Å². The SMILES string of the molecule is CCS(=O)(=O)CCOc1ccc(-c2cc(COc3ccc(CCC(=O)O)c(F)c3)ccc2C)c(C)c1. The molecule has 0 amide bonds. The molecule has 0 spiro atoms. The van der Waals surface area contributed by atoms with Gasteiger partial charge in [0.05, 0.1) is 5.75 Å². The highest BCUT2D eigenvalue weighted by Gasteiger charge is 2.11. The van der Waals surface area contributed by atoms with E-state index in [9.17, 15) is 17.6 Å². The smallest absolute Gasteiger partial charge is 0.303 e. The third-order valence-corrected chi connectivity index (χ3v) is 7.60. The minimum atomic E-state index is -3.08. The molecule has 0 bridgehead atoms. The monoisotopic (exact) mass is 514 g/mol. The number of benzene rings is 3. The average molecular weight is 515 g/mol. The van der Waals surface area contributed by atoms with E-state index in [0.717, 1.165) is 27.8 Å². The molecule has 0 aromatic heterocycles. The zero-order valence-corrected chi connectivity index (χ0v) is 21.5. The Kier molecular flexibility index (Phi) is 9.09. The van der Waals surface area contributed by atoms with E-state index in [4.69, 9.17) is 14.6 Å². The Morgan fingerprint density at radius 2 is 1.64 bits per heavy atom. The Hall–Kier alpha value is -3.39. The fraction of sp³-hybridized carbons (Fsp3) is 0.321. The van der Waals surface area contributed by atoms with Gasteiger partial charge in [0.25, 0.3) is 0 Å². The molecule has 0 aliphatic rings. The maximum atomic E-state index is 14.3. The minimum absolute atomic E-state index is 0.0135. The van der Waals surface area contributed by atoms with Crippen LogP contribution in [0, 0.1) is 19.7 Å². The summed E-state index contributed by atoms with van der Waals surface area (Å²) in [7, 11) is -3.08. The molecule has 6 nitrogen and oxygen atoms in total. The second-order valence-corrected chi connectivity index (χ2v) is 11.1. The Labute approximate surface area is 211 Å². The molecular weight excluding hydrogens is 483 g/mol. The summed E-state index contributed by atoms with van der Waals surface area (Å²) in [6.07, 6.45) is 0.000341. The van der Waals surface area contributed by atoms with Crippen LogP contribution in [0.5, 0.6) is 11.5 Å². The Morgan fingerprint density at radius 3 is 2.31 bits per heavy atom. The summed E-state index contributed by atoms with van der Waals surface area (Å²) < 4.78 is 49.0. The van der Waals surface area contributed by atoms with Crippen molar-refractivity contribution in [3.63, 3.8) is 0 Å². The Bertz CT molecular complexity index is 1330.